The van der Waals surface area contributed by atoms with Crippen LogP contribution in [0, 0.1) is 0 Å². The maximum atomic E-state index is 11.0. The van der Waals surface area contributed by atoms with Crippen LogP contribution in [0.2, 0.25) is 0 Å². The molecule has 1 aromatic carbocycles. The summed E-state index contributed by atoms with van der Waals surface area (Å²) in [6.45, 7) is 0. The Morgan fingerprint density at radius 3 is 2.70 bits per heavy atom. The van der Waals surface area contributed by atoms with E-state index in [1.807, 2.05) is 36.4 Å². The number of carbonyl (C=O) groups is 1. The van der Waals surface area contributed by atoms with Gasteiger partial charge in [0.25, 0.3) is 0 Å². The van der Waals surface area contributed by atoms with Crippen molar-refractivity contribution in [3.63, 3.8) is 0 Å². The minimum atomic E-state index is -1.02. The molecule has 0 spiro atoms. The fourth-order valence-corrected chi connectivity index (χ4v) is 2.00. The van der Waals surface area contributed by atoms with Gasteiger partial charge < -0.3 is 10.4 Å². The third-order valence-electron chi connectivity index (χ3n) is 2.84. The van der Waals surface area contributed by atoms with Crippen molar-refractivity contribution in [1.29, 1.82) is 0 Å². The number of aliphatic imine (C=N–C) groups is 1. The van der Waals surface area contributed by atoms with Gasteiger partial charge in [-0.15, -0.1) is 0 Å². The number of hydrogen-bond donors (Lipinski definition) is 2. The molecule has 5 heteroatoms. The van der Waals surface area contributed by atoms with Crippen LogP contribution in [0.1, 0.15) is 5.56 Å². The Kier molecular flexibility index (Phi) is 3.01. The average Bonchev–Trinajstić information content (AvgIpc) is 2.47. The van der Waals surface area contributed by atoms with Gasteiger partial charge in [0.05, 0.1) is 17.1 Å². The number of allylic oxidation sites excluding steroid dienone is 1. The summed E-state index contributed by atoms with van der Waals surface area (Å²) in [7, 11) is 0. The van der Waals surface area contributed by atoms with Gasteiger partial charge in [-0.05, 0) is 12.1 Å². The molecular weight excluding hydrogens is 254 g/mol. The Morgan fingerprint density at radius 2 is 1.95 bits per heavy atom. The van der Waals surface area contributed by atoms with E-state index in [4.69, 9.17) is 5.11 Å². The van der Waals surface area contributed by atoms with Crippen molar-refractivity contribution in [3.8, 4) is 0 Å². The monoisotopic (exact) mass is 265 g/mol. The van der Waals surface area contributed by atoms with Crippen molar-refractivity contribution in [2.75, 3.05) is 5.32 Å². The Bertz CT molecular complexity index is 721. The molecule has 2 aromatic rings. The number of pyridine rings is 1. The van der Waals surface area contributed by atoms with E-state index in [-0.39, 0.29) is 0 Å². The van der Waals surface area contributed by atoms with Crippen LogP contribution < -0.4 is 5.32 Å². The number of carboxylic acid groups (broad SMARTS) is 1. The zero-order valence-corrected chi connectivity index (χ0v) is 10.4. The lowest BCUT2D eigenvalue weighted by Gasteiger charge is -2.19. The summed E-state index contributed by atoms with van der Waals surface area (Å²) in [4.78, 5) is 19.6. The average molecular weight is 265 g/mol. The normalized spacial score (nSPS) is 15.2. The highest BCUT2D eigenvalue weighted by Gasteiger charge is 2.19. The molecular formula is C15H11N3O2. The molecule has 0 saturated heterocycles. The Labute approximate surface area is 115 Å². The summed E-state index contributed by atoms with van der Waals surface area (Å²) in [6, 6.07) is 13.0. The molecule has 3 rings (SSSR count). The van der Waals surface area contributed by atoms with E-state index in [1.54, 1.807) is 12.3 Å². The van der Waals surface area contributed by atoms with Gasteiger partial charge in [0.2, 0.25) is 0 Å². The lowest BCUT2D eigenvalue weighted by Crippen LogP contribution is -2.18. The van der Waals surface area contributed by atoms with Crippen LogP contribution in [0.25, 0.3) is 0 Å². The second kappa shape index (κ2) is 4.97. The fraction of sp³-hybridized carbons (Fsp3) is 0. The van der Waals surface area contributed by atoms with Crippen LogP contribution in [0.15, 0.2) is 65.4 Å². The third-order valence-corrected chi connectivity index (χ3v) is 2.84. The topological polar surface area (TPSA) is 74.6 Å². The molecule has 0 bridgehead atoms. The number of carboxylic acids is 1. The van der Waals surface area contributed by atoms with Gasteiger partial charge in [-0.3, -0.25) is 0 Å². The maximum Gasteiger partial charge on any atom is 0.330 e. The second-order valence-corrected chi connectivity index (χ2v) is 4.22. The van der Waals surface area contributed by atoms with Gasteiger partial charge in [-0.1, -0.05) is 30.3 Å². The van der Waals surface area contributed by atoms with Crippen molar-refractivity contribution in [2.45, 2.75) is 0 Å². The van der Waals surface area contributed by atoms with E-state index < -0.39 is 5.97 Å². The SMILES string of the molecule is O=C(O)/C=C1\Nc2cccnc2N=C1c1ccccc1. The fourth-order valence-electron chi connectivity index (χ4n) is 2.00. The van der Waals surface area contributed by atoms with E-state index in [1.165, 1.54) is 0 Å². The number of rotatable bonds is 2. The third kappa shape index (κ3) is 2.29. The zero-order chi connectivity index (χ0) is 13.9. The molecule has 0 saturated carbocycles. The van der Waals surface area contributed by atoms with E-state index in [9.17, 15) is 4.79 Å². The summed E-state index contributed by atoms with van der Waals surface area (Å²) in [5.41, 5.74) is 2.55. The molecule has 0 atom stereocenters. The number of nitrogens with zero attached hydrogens (tertiary/aromatic N) is 2. The highest BCUT2D eigenvalue weighted by atomic mass is 16.4. The van der Waals surface area contributed by atoms with Crippen molar-refractivity contribution >= 4 is 23.2 Å². The molecule has 98 valence electrons. The van der Waals surface area contributed by atoms with E-state index >= 15 is 0 Å². The first-order valence-electron chi connectivity index (χ1n) is 6.05. The molecule has 0 amide bonds. The van der Waals surface area contributed by atoms with Gasteiger partial charge in [0.1, 0.15) is 0 Å². The second-order valence-electron chi connectivity index (χ2n) is 4.22. The first-order chi connectivity index (χ1) is 9.74. The van der Waals surface area contributed by atoms with Crippen molar-refractivity contribution in [1.82, 2.24) is 4.98 Å². The Balaban J connectivity index is 2.16. The predicted octanol–water partition coefficient (Wildman–Crippen LogP) is 2.60. The van der Waals surface area contributed by atoms with Gasteiger partial charge >= 0.3 is 5.97 Å². The molecule has 0 fully saturated rings. The summed E-state index contributed by atoms with van der Waals surface area (Å²) in [5, 5.41) is 12.1. The molecule has 2 N–H and O–H groups in total. The highest BCUT2D eigenvalue weighted by molar-refractivity contribution is 6.18. The standard InChI is InChI=1S/C15H11N3O2/c19-13(20)9-12-14(10-5-2-1-3-6-10)18-15-11(17-12)7-4-8-16-15/h1-9,17H,(H,19,20)/b12-9-. The number of aliphatic carboxylic acids is 1. The van der Waals surface area contributed by atoms with Crippen LogP contribution in [-0.4, -0.2) is 21.8 Å². The summed E-state index contributed by atoms with van der Waals surface area (Å²) >= 11 is 0. The Morgan fingerprint density at radius 1 is 1.15 bits per heavy atom. The van der Waals surface area contributed by atoms with Crippen LogP contribution in [0.3, 0.4) is 0 Å². The first-order valence-corrected chi connectivity index (χ1v) is 6.05. The number of fused-ring (bicyclic) bond motifs is 1. The first kappa shape index (κ1) is 12.1. The van der Waals surface area contributed by atoms with Gasteiger partial charge in [0, 0.05) is 17.8 Å². The predicted molar refractivity (Wildman–Crippen MR) is 76.2 cm³/mol. The molecule has 20 heavy (non-hydrogen) atoms. The van der Waals surface area contributed by atoms with E-state index in [2.05, 4.69) is 15.3 Å². The number of benzene rings is 1. The van der Waals surface area contributed by atoms with E-state index in [0.717, 1.165) is 11.6 Å². The molecule has 0 aliphatic carbocycles. The number of aromatic nitrogens is 1. The quantitative estimate of drug-likeness (QED) is 0.818. The lowest BCUT2D eigenvalue weighted by atomic mass is 10.1. The molecule has 1 aliphatic heterocycles. The maximum absolute atomic E-state index is 11.0. The number of hydrogen-bond acceptors (Lipinski definition) is 4. The van der Waals surface area contributed by atoms with Gasteiger partial charge in [-0.25, -0.2) is 14.8 Å². The molecule has 0 radical (unpaired) electrons. The van der Waals surface area contributed by atoms with Crippen LogP contribution in [0.4, 0.5) is 11.5 Å². The highest BCUT2D eigenvalue weighted by Crippen LogP contribution is 2.30. The van der Waals surface area contributed by atoms with Gasteiger partial charge in [0.15, 0.2) is 5.82 Å². The van der Waals surface area contributed by atoms with Crippen molar-refractivity contribution < 1.29 is 9.90 Å². The van der Waals surface area contributed by atoms with Gasteiger partial charge in [-0.2, -0.15) is 0 Å². The molecule has 0 unspecified atom stereocenters. The summed E-state index contributed by atoms with van der Waals surface area (Å²) in [6.07, 6.45) is 2.76. The minimum absolute atomic E-state index is 0.448. The van der Waals surface area contributed by atoms with Crippen LogP contribution in [-0.2, 0) is 4.79 Å². The minimum Gasteiger partial charge on any atom is -0.478 e. The largest absolute Gasteiger partial charge is 0.478 e. The Hall–Kier alpha value is -2.95. The number of anilines is 1. The van der Waals surface area contributed by atoms with Crippen LogP contribution >= 0.6 is 0 Å². The molecule has 5 nitrogen and oxygen atoms in total. The zero-order valence-electron chi connectivity index (χ0n) is 10.4. The van der Waals surface area contributed by atoms with Crippen molar-refractivity contribution in [3.05, 3.63) is 66.0 Å². The molecule has 2 heterocycles. The van der Waals surface area contributed by atoms with Crippen molar-refractivity contribution in [2.24, 2.45) is 4.99 Å². The molecule has 1 aliphatic rings. The number of nitrogens with one attached hydrogen (secondary N) is 1. The smallest absolute Gasteiger partial charge is 0.330 e. The summed E-state index contributed by atoms with van der Waals surface area (Å²) < 4.78 is 0. The van der Waals surface area contributed by atoms with Crippen LogP contribution in [0.5, 0.6) is 0 Å². The molecule has 1 aromatic heterocycles. The van der Waals surface area contributed by atoms with E-state index in [0.29, 0.717) is 22.9 Å². The lowest BCUT2D eigenvalue weighted by molar-refractivity contribution is -0.131. The summed E-state index contributed by atoms with van der Waals surface area (Å²) in [5.74, 6) is -0.475.